The summed E-state index contributed by atoms with van der Waals surface area (Å²) in [6.45, 7) is 3.26. The van der Waals surface area contributed by atoms with Crippen LogP contribution in [0.4, 0.5) is 0 Å². The summed E-state index contributed by atoms with van der Waals surface area (Å²) < 4.78 is 26.6. The van der Waals surface area contributed by atoms with Gasteiger partial charge in [-0.1, -0.05) is 0 Å². The highest BCUT2D eigenvalue weighted by atomic mass is 32.2. The van der Waals surface area contributed by atoms with Crippen LogP contribution in [0.15, 0.2) is 29.2 Å². The number of nitrogens with zero attached hydrogens (tertiary/aromatic N) is 3. The molecule has 0 N–H and O–H groups in total. The Bertz CT molecular complexity index is 699. The van der Waals surface area contributed by atoms with Gasteiger partial charge in [-0.25, -0.2) is 8.42 Å². The van der Waals surface area contributed by atoms with Crippen molar-refractivity contribution in [1.29, 1.82) is 5.26 Å². The summed E-state index contributed by atoms with van der Waals surface area (Å²) in [5.74, 6) is -0.0183. The molecule has 23 heavy (non-hydrogen) atoms. The monoisotopic (exact) mass is 335 g/mol. The molecule has 1 aliphatic rings. The molecule has 1 saturated heterocycles. The third kappa shape index (κ3) is 3.71. The SMILES string of the molecule is CCN(C)C(=O)C1CCN(S(=O)(=O)c2ccc(C#N)cc2)CC1. The molecule has 1 fully saturated rings. The number of amides is 1. The average Bonchev–Trinajstić information content (AvgIpc) is 2.60. The molecular weight excluding hydrogens is 314 g/mol. The quantitative estimate of drug-likeness (QED) is 0.834. The van der Waals surface area contributed by atoms with Gasteiger partial charge in [0, 0.05) is 32.6 Å². The molecule has 0 aliphatic carbocycles. The van der Waals surface area contributed by atoms with E-state index in [1.807, 2.05) is 13.0 Å². The van der Waals surface area contributed by atoms with Crippen molar-refractivity contribution in [2.75, 3.05) is 26.7 Å². The topological polar surface area (TPSA) is 81.5 Å². The van der Waals surface area contributed by atoms with Crippen molar-refractivity contribution in [2.45, 2.75) is 24.7 Å². The zero-order valence-corrected chi connectivity index (χ0v) is 14.2. The lowest BCUT2D eigenvalue weighted by atomic mass is 9.97. The lowest BCUT2D eigenvalue weighted by Crippen LogP contribution is -2.43. The Morgan fingerprint density at radius 1 is 1.30 bits per heavy atom. The second-order valence-electron chi connectivity index (χ2n) is 5.67. The number of piperidine rings is 1. The molecular formula is C16H21N3O3S. The second kappa shape index (κ2) is 7.11. The Morgan fingerprint density at radius 3 is 2.35 bits per heavy atom. The fourth-order valence-corrected chi connectivity index (χ4v) is 4.13. The molecule has 0 aromatic heterocycles. The van der Waals surface area contributed by atoms with E-state index in [4.69, 9.17) is 5.26 Å². The fraction of sp³-hybridized carbons (Fsp3) is 0.500. The zero-order chi connectivity index (χ0) is 17.0. The van der Waals surface area contributed by atoms with Gasteiger partial charge < -0.3 is 4.90 Å². The molecule has 1 aliphatic heterocycles. The van der Waals surface area contributed by atoms with Crippen molar-refractivity contribution in [3.05, 3.63) is 29.8 Å². The predicted octanol–water partition coefficient (Wildman–Crippen LogP) is 1.44. The maximum absolute atomic E-state index is 12.6. The van der Waals surface area contributed by atoms with Crippen LogP contribution in [0.25, 0.3) is 0 Å². The largest absolute Gasteiger partial charge is 0.346 e. The lowest BCUT2D eigenvalue weighted by Gasteiger charge is -2.32. The summed E-state index contributed by atoms with van der Waals surface area (Å²) in [7, 11) is -1.80. The average molecular weight is 335 g/mol. The highest BCUT2D eigenvalue weighted by molar-refractivity contribution is 7.89. The second-order valence-corrected chi connectivity index (χ2v) is 7.60. The van der Waals surface area contributed by atoms with Crippen molar-refractivity contribution in [3.8, 4) is 6.07 Å². The first-order valence-electron chi connectivity index (χ1n) is 7.65. The van der Waals surface area contributed by atoms with Crippen LogP contribution in [0.1, 0.15) is 25.3 Å². The van der Waals surface area contributed by atoms with Crippen molar-refractivity contribution >= 4 is 15.9 Å². The molecule has 6 nitrogen and oxygen atoms in total. The predicted molar refractivity (Wildman–Crippen MR) is 86.0 cm³/mol. The molecule has 0 spiro atoms. The van der Waals surface area contributed by atoms with Crippen LogP contribution < -0.4 is 0 Å². The van der Waals surface area contributed by atoms with E-state index in [0.29, 0.717) is 38.0 Å². The van der Waals surface area contributed by atoms with Gasteiger partial charge in [-0.05, 0) is 44.0 Å². The maximum atomic E-state index is 12.6. The van der Waals surface area contributed by atoms with E-state index in [0.717, 1.165) is 0 Å². The number of hydrogen-bond donors (Lipinski definition) is 0. The number of nitriles is 1. The smallest absolute Gasteiger partial charge is 0.243 e. The number of carbonyl (C=O) groups excluding carboxylic acids is 1. The number of rotatable bonds is 4. The van der Waals surface area contributed by atoms with E-state index in [9.17, 15) is 13.2 Å². The standard InChI is InChI=1S/C16H21N3O3S/c1-3-18(2)16(20)14-8-10-19(11-9-14)23(21,22)15-6-4-13(12-17)5-7-15/h4-7,14H,3,8-11H2,1-2H3. The van der Waals surface area contributed by atoms with Gasteiger partial charge in [0.05, 0.1) is 16.5 Å². The van der Waals surface area contributed by atoms with Gasteiger partial charge in [0.15, 0.2) is 0 Å². The van der Waals surface area contributed by atoms with Gasteiger partial charge in [0.1, 0.15) is 0 Å². The Kier molecular flexibility index (Phi) is 5.39. The summed E-state index contributed by atoms with van der Waals surface area (Å²) in [5, 5.41) is 8.78. The first kappa shape index (κ1) is 17.4. The number of sulfonamides is 1. The van der Waals surface area contributed by atoms with E-state index in [-0.39, 0.29) is 16.7 Å². The first-order chi connectivity index (χ1) is 10.9. The summed E-state index contributed by atoms with van der Waals surface area (Å²) in [4.78, 5) is 14.0. The van der Waals surface area contributed by atoms with E-state index < -0.39 is 10.0 Å². The summed E-state index contributed by atoms with van der Waals surface area (Å²) in [6.07, 6.45) is 1.08. The van der Waals surface area contributed by atoms with E-state index in [1.165, 1.54) is 28.6 Å². The van der Waals surface area contributed by atoms with Gasteiger partial charge in [-0.2, -0.15) is 9.57 Å². The first-order valence-corrected chi connectivity index (χ1v) is 9.09. The third-order valence-corrected chi connectivity index (χ3v) is 6.19. The van der Waals surface area contributed by atoms with E-state index in [2.05, 4.69) is 0 Å². The molecule has 2 rings (SSSR count). The van der Waals surface area contributed by atoms with Crippen molar-refractivity contribution < 1.29 is 13.2 Å². The van der Waals surface area contributed by atoms with Crippen molar-refractivity contribution in [1.82, 2.24) is 9.21 Å². The number of benzene rings is 1. The molecule has 0 radical (unpaired) electrons. The molecule has 1 aromatic rings. The van der Waals surface area contributed by atoms with Gasteiger partial charge in [0.2, 0.25) is 15.9 Å². The number of hydrogen-bond acceptors (Lipinski definition) is 4. The van der Waals surface area contributed by atoms with E-state index in [1.54, 1.807) is 11.9 Å². The summed E-state index contributed by atoms with van der Waals surface area (Å²) in [5.41, 5.74) is 0.427. The highest BCUT2D eigenvalue weighted by Crippen LogP contribution is 2.25. The molecule has 1 heterocycles. The minimum absolute atomic E-state index is 0.0860. The Balaban J connectivity index is 2.06. The van der Waals surface area contributed by atoms with Gasteiger partial charge in [-0.15, -0.1) is 0 Å². The zero-order valence-electron chi connectivity index (χ0n) is 13.4. The Labute approximate surface area is 137 Å². The number of carbonyl (C=O) groups is 1. The fourth-order valence-electron chi connectivity index (χ4n) is 2.66. The van der Waals surface area contributed by atoms with Crippen LogP contribution in [0, 0.1) is 17.2 Å². The molecule has 0 saturated carbocycles. The molecule has 124 valence electrons. The molecule has 0 bridgehead atoms. The lowest BCUT2D eigenvalue weighted by molar-refractivity contribution is -0.135. The minimum Gasteiger partial charge on any atom is -0.346 e. The van der Waals surface area contributed by atoms with Crippen LogP contribution in [0.2, 0.25) is 0 Å². The van der Waals surface area contributed by atoms with Gasteiger partial charge >= 0.3 is 0 Å². The molecule has 1 aromatic carbocycles. The summed E-state index contributed by atoms with van der Waals surface area (Å²) >= 11 is 0. The van der Waals surface area contributed by atoms with Gasteiger partial charge in [-0.3, -0.25) is 4.79 Å². The molecule has 1 amide bonds. The van der Waals surface area contributed by atoms with Crippen molar-refractivity contribution in [2.24, 2.45) is 5.92 Å². The Hall–Kier alpha value is -1.91. The van der Waals surface area contributed by atoms with Gasteiger partial charge in [0.25, 0.3) is 0 Å². The van der Waals surface area contributed by atoms with Crippen LogP contribution >= 0.6 is 0 Å². The maximum Gasteiger partial charge on any atom is 0.243 e. The van der Waals surface area contributed by atoms with Crippen molar-refractivity contribution in [3.63, 3.8) is 0 Å². The van der Waals surface area contributed by atoms with Crippen LogP contribution in [0.3, 0.4) is 0 Å². The third-order valence-electron chi connectivity index (χ3n) is 4.27. The van der Waals surface area contributed by atoms with Crippen LogP contribution in [-0.4, -0.2) is 50.2 Å². The summed E-state index contributed by atoms with van der Waals surface area (Å²) in [6, 6.07) is 7.88. The normalized spacial score (nSPS) is 16.7. The van der Waals surface area contributed by atoms with E-state index >= 15 is 0 Å². The molecule has 0 unspecified atom stereocenters. The minimum atomic E-state index is -3.56. The molecule has 7 heteroatoms. The van der Waals surface area contributed by atoms with Crippen LogP contribution in [-0.2, 0) is 14.8 Å². The van der Waals surface area contributed by atoms with Crippen LogP contribution in [0.5, 0.6) is 0 Å². The highest BCUT2D eigenvalue weighted by Gasteiger charge is 2.32. The molecule has 0 atom stereocenters. The Morgan fingerprint density at radius 2 is 1.87 bits per heavy atom.